The zero-order valence-corrected chi connectivity index (χ0v) is 11.3. The second kappa shape index (κ2) is 4.70. The lowest BCUT2D eigenvalue weighted by Gasteiger charge is -2.32. The lowest BCUT2D eigenvalue weighted by Crippen LogP contribution is -2.44. The lowest BCUT2D eigenvalue weighted by atomic mass is 9.74. The fourth-order valence-electron chi connectivity index (χ4n) is 4.14. The van der Waals surface area contributed by atoms with Crippen LogP contribution in [-0.4, -0.2) is 50.3 Å². The molecule has 4 heterocycles. The maximum Gasteiger partial charge on any atom is 0.310 e. The van der Waals surface area contributed by atoms with Crippen molar-refractivity contribution in [1.29, 1.82) is 0 Å². The van der Waals surface area contributed by atoms with Gasteiger partial charge in [0.15, 0.2) is 0 Å². The molecule has 6 unspecified atom stereocenters. The summed E-state index contributed by atoms with van der Waals surface area (Å²) in [5, 5.41) is 6.57. The van der Waals surface area contributed by atoms with Crippen LogP contribution in [0, 0.1) is 23.7 Å². The molecule has 4 bridgehead atoms. The van der Waals surface area contributed by atoms with Crippen LogP contribution in [0.25, 0.3) is 0 Å². The first kappa shape index (κ1) is 12.6. The van der Waals surface area contributed by atoms with Gasteiger partial charge in [-0.25, -0.2) is 0 Å². The van der Waals surface area contributed by atoms with E-state index in [1.54, 1.807) is 0 Å². The van der Waals surface area contributed by atoms with Gasteiger partial charge in [0.05, 0.1) is 11.8 Å². The van der Waals surface area contributed by atoms with Crippen molar-refractivity contribution in [2.24, 2.45) is 23.7 Å². The summed E-state index contributed by atoms with van der Waals surface area (Å²) >= 11 is 0. The number of ether oxygens (including phenoxy) is 2. The van der Waals surface area contributed by atoms with E-state index in [9.17, 15) is 9.59 Å². The Morgan fingerprint density at radius 1 is 0.850 bits per heavy atom. The first-order chi connectivity index (χ1) is 9.74. The first-order valence-electron chi connectivity index (χ1n) is 7.54. The van der Waals surface area contributed by atoms with Gasteiger partial charge in [-0.2, -0.15) is 0 Å². The van der Waals surface area contributed by atoms with Crippen LogP contribution >= 0.6 is 0 Å². The lowest BCUT2D eigenvalue weighted by molar-refractivity contribution is -0.162. The molecular formula is C14H20N2O4. The standard InChI is InChI=1S/C14H20N2O4/c17-13(11-7-3-9(11)15-5-7)19-1-2-20-14(18)12-8-4-10(12)16-6-8/h7-12,15-16H,1-6H2. The molecule has 0 radical (unpaired) electrons. The predicted molar refractivity (Wildman–Crippen MR) is 68.7 cm³/mol. The van der Waals surface area contributed by atoms with Crippen molar-refractivity contribution in [3.8, 4) is 0 Å². The molecule has 2 N–H and O–H groups in total. The van der Waals surface area contributed by atoms with Crippen LogP contribution in [0.4, 0.5) is 0 Å². The van der Waals surface area contributed by atoms with Crippen LogP contribution in [-0.2, 0) is 19.1 Å². The van der Waals surface area contributed by atoms with Gasteiger partial charge in [-0.3, -0.25) is 9.59 Å². The molecule has 6 nitrogen and oxygen atoms in total. The Bertz CT molecular complexity index is 373. The highest BCUT2D eigenvalue weighted by atomic mass is 16.6. The quantitative estimate of drug-likeness (QED) is 0.512. The molecule has 6 fully saturated rings. The second-order valence-corrected chi connectivity index (χ2v) is 6.41. The van der Waals surface area contributed by atoms with Crippen molar-refractivity contribution in [3.05, 3.63) is 0 Å². The van der Waals surface area contributed by atoms with Gasteiger partial charge in [-0.1, -0.05) is 0 Å². The number of fused-ring (bicyclic) bond motifs is 2. The molecule has 4 saturated heterocycles. The average molecular weight is 280 g/mol. The fraction of sp³-hybridized carbons (Fsp3) is 0.857. The van der Waals surface area contributed by atoms with Crippen molar-refractivity contribution in [1.82, 2.24) is 10.6 Å². The van der Waals surface area contributed by atoms with E-state index in [0.717, 1.165) is 25.9 Å². The van der Waals surface area contributed by atoms with Crippen LogP contribution < -0.4 is 10.6 Å². The monoisotopic (exact) mass is 280 g/mol. The Morgan fingerprint density at radius 3 is 1.60 bits per heavy atom. The minimum absolute atomic E-state index is 0.0254. The van der Waals surface area contributed by atoms with Gasteiger partial charge < -0.3 is 20.1 Å². The van der Waals surface area contributed by atoms with E-state index >= 15 is 0 Å². The minimum atomic E-state index is -0.141. The molecule has 0 amide bonds. The Hall–Kier alpha value is -1.14. The summed E-state index contributed by atoms with van der Waals surface area (Å²) in [6, 6.07) is 0.624. The molecule has 4 aliphatic heterocycles. The summed E-state index contributed by atoms with van der Waals surface area (Å²) in [6.45, 7) is 2.21. The topological polar surface area (TPSA) is 76.7 Å². The van der Waals surface area contributed by atoms with Gasteiger partial charge in [-0.15, -0.1) is 0 Å². The van der Waals surface area contributed by atoms with Crippen molar-refractivity contribution >= 4 is 11.9 Å². The number of hydrogen-bond donors (Lipinski definition) is 2. The van der Waals surface area contributed by atoms with Crippen LogP contribution in [0.15, 0.2) is 0 Å². The molecule has 2 saturated carbocycles. The third kappa shape index (κ3) is 1.85. The van der Waals surface area contributed by atoms with Gasteiger partial charge in [0.1, 0.15) is 13.2 Å². The van der Waals surface area contributed by atoms with Crippen molar-refractivity contribution < 1.29 is 19.1 Å². The predicted octanol–water partition coefficient (Wildman–Crippen LogP) is -0.711. The summed E-state index contributed by atoms with van der Waals surface area (Å²) in [6.07, 6.45) is 2.18. The third-order valence-corrected chi connectivity index (χ3v) is 5.40. The zero-order chi connectivity index (χ0) is 13.7. The van der Waals surface area contributed by atoms with E-state index in [1.165, 1.54) is 0 Å². The summed E-state index contributed by atoms with van der Waals surface area (Å²) < 4.78 is 10.4. The van der Waals surface area contributed by atoms with Gasteiger partial charge >= 0.3 is 11.9 Å². The van der Waals surface area contributed by atoms with Crippen molar-refractivity contribution in [2.75, 3.05) is 26.3 Å². The van der Waals surface area contributed by atoms with Crippen molar-refractivity contribution in [2.45, 2.75) is 24.9 Å². The summed E-state index contributed by atoms with van der Waals surface area (Å²) in [5.41, 5.74) is 0. The maximum atomic E-state index is 11.8. The van der Waals surface area contributed by atoms with Crippen LogP contribution in [0.3, 0.4) is 0 Å². The summed E-state index contributed by atoms with van der Waals surface area (Å²) in [5.74, 6) is 0.670. The van der Waals surface area contributed by atoms with E-state index in [-0.39, 0.29) is 37.0 Å². The highest BCUT2D eigenvalue weighted by molar-refractivity contribution is 5.76. The SMILES string of the molecule is O=C(OCCOC(=O)C1C2CNC1C2)C1C2CNC1C2. The van der Waals surface area contributed by atoms with E-state index < -0.39 is 0 Å². The Kier molecular flexibility index (Phi) is 2.96. The Balaban J connectivity index is 1.15. The molecule has 6 atom stereocenters. The molecular weight excluding hydrogens is 260 g/mol. The van der Waals surface area contributed by atoms with Crippen LogP contribution in [0.2, 0.25) is 0 Å². The molecule has 6 rings (SSSR count). The third-order valence-electron chi connectivity index (χ3n) is 5.40. The number of carbonyl (C=O) groups is 2. The number of nitrogens with one attached hydrogen (secondary N) is 2. The Labute approximate surface area is 117 Å². The summed E-state index contributed by atoms with van der Waals surface area (Å²) in [7, 11) is 0. The van der Waals surface area contributed by atoms with E-state index in [0.29, 0.717) is 23.9 Å². The fourth-order valence-corrected chi connectivity index (χ4v) is 4.14. The molecule has 0 aromatic carbocycles. The molecule has 0 aromatic heterocycles. The molecule has 2 aliphatic carbocycles. The molecule has 6 aliphatic rings. The summed E-state index contributed by atoms with van der Waals surface area (Å²) in [4.78, 5) is 23.7. The minimum Gasteiger partial charge on any atom is -0.462 e. The highest BCUT2D eigenvalue weighted by Gasteiger charge is 2.52. The molecule has 110 valence electrons. The van der Waals surface area contributed by atoms with Gasteiger partial charge in [-0.05, 0) is 37.8 Å². The molecule has 0 aromatic rings. The smallest absolute Gasteiger partial charge is 0.310 e. The number of hydrogen-bond acceptors (Lipinski definition) is 6. The highest BCUT2D eigenvalue weighted by Crippen LogP contribution is 2.41. The normalized spacial score (nSPS) is 43.6. The van der Waals surface area contributed by atoms with Gasteiger partial charge in [0, 0.05) is 12.1 Å². The maximum absolute atomic E-state index is 11.8. The average Bonchev–Trinajstić information content (AvgIpc) is 3.12. The first-order valence-corrected chi connectivity index (χ1v) is 7.54. The molecule has 6 heteroatoms. The largest absolute Gasteiger partial charge is 0.462 e. The number of rotatable bonds is 5. The Morgan fingerprint density at radius 2 is 1.30 bits per heavy atom. The number of esters is 2. The van der Waals surface area contributed by atoms with E-state index in [1.807, 2.05) is 0 Å². The number of carbonyl (C=O) groups excluding carboxylic acids is 2. The zero-order valence-electron chi connectivity index (χ0n) is 11.3. The van der Waals surface area contributed by atoms with Gasteiger partial charge in [0.25, 0.3) is 0 Å². The molecule has 20 heavy (non-hydrogen) atoms. The van der Waals surface area contributed by atoms with Crippen LogP contribution in [0.1, 0.15) is 12.8 Å². The van der Waals surface area contributed by atoms with E-state index in [2.05, 4.69) is 10.6 Å². The van der Waals surface area contributed by atoms with Crippen molar-refractivity contribution in [3.63, 3.8) is 0 Å². The van der Waals surface area contributed by atoms with Crippen LogP contribution in [0.5, 0.6) is 0 Å². The van der Waals surface area contributed by atoms with E-state index in [4.69, 9.17) is 9.47 Å². The second-order valence-electron chi connectivity index (χ2n) is 6.41. The van der Waals surface area contributed by atoms with Gasteiger partial charge in [0.2, 0.25) is 0 Å². The molecule has 0 spiro atoms.